The van der Waals surface area contributed by atoms with Crippen molar-refractivity contribution in [3.05, 3.63) is 47.5 Å². The molecule has 4 atom stereocenters. The van der Waals surface area contributed by atoms with Crippen LogP contribution < -0.4 is 18.9 Å². The van der Waals surface area contributed by atoms with Crippen molar-refractivity contribution in [2.75, 3.05) is 27.2 Å². The van der Waals surface area contributed by atoms with Crippen LogP contribution in [0, 0.1) is 0 Å². The van der Waals surface area contributed by atoms with Crippen LogP contribution in [0.2, 0.25) is 0 Å². The predicted molar refractivity (Wildman–Crippen MR) is 236 cm³/mol. The summed E-state index contributed by atoms with van der Waals surface area (Å²) < 4.78 is 35.7. The molecule has 4 aliphatic heterocycles. The molecular weight excluding hydrogens is 821 g/mol. The van der Waals surface area contributed by atoms with Crippen molar-refractivity contribution in [3.63, 3.8) is 0 Å². The standard InChI is InChI=1S/C50H70N2O12/c1-7-45(53)61-41-21-15-33(27-43(41)63-47(55)9-3)13-11-25-51(5)35-17-18-36(51)30-39(29-35)59-49(57)23-24-50(58)60-40-31-37-19-20-38(32-40)52(37,6)26-12-14-34-16-22-42(62-46(54)8-2)44(28-34)64-48(56)10-4/h15-16,21-22,27-28,35-40H,7-14,17-20,23-26,29-32H2,1-6H3/q+2. The van der Waals surface area contributed by atoms with E-state index in [0.29, 0.717) is 24.2 Å². The molecule has 4 fully saturated rings. The normalized spacial score (nSPS) is 26.7. The Labute approximate surface area is 378 Å². The van der Waals surface area contributed by atoms with Gasteiger partial charge < -0.3 is 37.4 Å². The molecule has 2 aromatic rings. The summed E-state index contributed by atoms with van der Waals surface area (Å²) in [6.07, 6.45) is 11.5. The molecule has 4 bridgehead atoms. The van der Waals surface area contributed by atoms with Gasteiger partial charge >= 0.3 is 35.8 Å². The van der Waals surface area contributed by atoms with E-state index in [1.54, 1.807) is 52.0 Å². The Morgan fingerprint density at radius 2 is 0.781 bits per heavy atom. The molecule has 2 aromatic carbocycles. The zero-order valence-corrected chi connectivity index (χ0v) is 38.9. The fourth-order valence-electron chi connectivity index (χ4n) is 10.8. The van der Waals surface area contributed by atoms with Crippen LogP contribution in [0.15, 0.2) is 36.4 Å². The SMILES string of the molecule is CCC(=O)Oc1ccc(CCC[N+]2(C)C3CCC2CC(OC(=O)CCC(=O)OC2CC4CCC(C2)[N+]4(C)CCCc2ccc(OC(=O)CC)c(OC(=O)CC)c2)C3)cc1OC(=O)CC. The Morgan fingerprint density at radius 3 is 1.09 bits per heavy atom. The average Bonchev–Trinajstić information content (AvgIpc) is 3.50. The third-order valence-electron chi connectivity index (χ3n) is 14.5. The van der Waals surface area contributed by atoms with Crippen molar-refractivity contribution in [3.8, 4) is 23.0 Å². The molecule has 14 nitrogen and oxygen atoms in total. The Hall–Kier alpha value is -4.82. The summed E-state index contributed by atoms with van der Waals surface area (Å²) in [5, 5.41) is 0. The molecule has 0 aliphatic carbocycles. The number of nitrogens with zero attached hydrogens (tertiary/aromatic N) is 2. The van der Waals surface area contributed by atoms with E-state index in [1.807, 2.05) is 12.1 Å². The first-order chi connectivity index (χ1) is 30.7. The van der Waals surface area contributed by atoms with Gasteiger partial charge in [0.05, 0.1) is 64.2 Å². The summed E-state index contributed by atoms with van der Waals surface area (Å²) >= 11 is 0. The van der Waals surface area contributed by atoms with Gasteiger partial charge in [-0.15, -0.1) is 0 Å². The number of quaternary nitrogens is 2. The lowest BCUT2D eigenvalue weighted by atomic mass is 9.95. The van der Waals surface area contributed by atoms with E-state index >= 15 is 0 Å². The fraction of sp³-hybridized carbons (Fsp3) is 0.640. The molecule has 4 unspecified atom stereocenters. The van der Waals surface area contributed by atoms with Gasteiger partial charge in [0.15, 0.2) is 23.0 Å². The molecule has 64 heavy (non-hydrogen) atoms. The molecule has 14 heteroatoms. The first kappa shape index (κ1) is 48.6. The smallest absolute Gasteiger partial charge is 0.311 e. The number of esters is 6. The molecule has 4 saturated heterocycles. The van der Waals surface area contributed by atoms with Gasteiger partial charge in [0.2, 0.25) is 0 Å². The van der Waals surface area contributed by atoms with Crippen LogP contribution in [0.5, 0.6) is 23.0 Å². The first-order valence-electron chi connectivity index (χ1n) is 23.8. The van der Waals surface area contributed by atoms with E-state index in [9.17, 15) is 28.8 Å². The van der Waals surface area contributed by atoms with Crippen molar-refractivity contribution in [1.82, 2.24) is 0 Å². The highest BCUT2D eigenvalue weighted by Gasteiger charge is 2.53. The van der Waals surface area contributed by atoms with Gasteiger partial charge in [-0.2, -0.15) is 0 Å². The molecule has 350 valence electrons. The molecule has 0 radical (unpaired) electrons. The monoisotopic (exact) mass is 890 g/mol. The number of hydrogen-bond donors (Lipinski definition) is 0. The molecule has 4 aliphatic rings. The first-order valence-corrected chi connectivity index (χ1v) is 23.8. The highest BCUT2D eigenvalue weighted by atomic mass is 16.6. The Balaban J connectivity index is 0.912. The van der Waals surface area contributed by atoms with Gasteiger partial charge in [0.25, 0.3) is 0 Å². The number of carbonyl (C=O) groups is 6. The van der Waals surface area contributed by atoms with Crippen molar-refractivity contribution in [1.29, 1.82) is 0 Å². The van der Waals surface area contributed by atoms with E-state index < -0.39 is 23.9 Å². The van der Waals surface area contributed by atoms with E-state index in [4.69, 9.17) is 28.4 Å². The summed E-state index contributed by atoms with van der Waals surface area (Å²) in [6.45, 7) is 8.80. The summed E-state index contributed by atoms with van der Waals surface area (Å²) in [7, 11) is 4.63. The van der Waals surface area contributed by atoms with Crippen LogP contribution >= 0.6 is 0 Å². The second-order valence-electron chi connectivity index (χ2n) is 18.7. The Bertz CT molecular complexity index is 1850. The second-order valence-corrected chi connectivity index (χ2v) is 18.7. The molecule has 0 spiro atoms. The van der Waals surface area contributed by atoms with Crippen LogP contribution in [0.1, 0.15) is 142 Å². The second kappa shape index (κ2) is 21.9. The van der Waals surface area contributed by atoms with Crippen LogP contribution in [0.4, 0.5) is 0 Å². The lowest BCUT2D eigenvalue weighted by molar-refractivity contribution is -0.949. The fourth-order valence-corrected chi connectivity index (χ4v) is 10.8. The molecule has 0 saturated carbocycles. The maximum absolute atomic E-state index is 13.1. The largest absolute Gasteiger partial charge is 0.462 e. The van der Waals surface area contributed by atoms with Gasteiger partial charge in [0.1, 0.15) is 12.2 Å². The van der Waals surface area contributed by atoms with E-state index in [-0.39, 0.29) is 85.7 Å². The topological polar surface area (TPSA) is 158 Å². The van der Waals surface area contributed by atoms with Gasteiger partial charge in [-0.25, -0.2) is 0 Å². The van der Waals surface area contributed by atoms with E-state index in [0.717, 1.165) is 110 Å². The van der Waals surface area contributed by atoms with Gasteiger partial charge in [-0.1, -0.05) is 39.8 Å². The summed E-state index contributed by atoms with van der Waals surface area (Å²) in [6, 6.07) is 12.4. The third kappa shape index (κ3) is 12.1. The minimum Gasteiger partial charge on any atom is -0.462 e. The van der Waals surface area contributed by atoms with E-state index in [2.05, 4.69) is 14.1 Å². The summed E-state index contributed by atoms with van der Waals surface area (Å²) in [4.78, 5) is 74.2. The van der Waals surface area contributed by atoms with E-state index in [1.165, 1.54) is 0 Å². The van der Waals surface area contributed by atoms with Gasteiger partial charge in [0, 0.05) is 89.9 Å². The average molecular weight is 891 g/mol. The minimum absolute atomic E-state index is 0.0114. The summed E-state index contributed by atoms with van der Waals surface area (Å²) in [5.41, 5.74) is 2.01. The van der Waals surface area contributed by atoms with Crippen LogP contribution in [0.25, 0.3) is 0 Å². The number of rotatable bonds is 21. The zero-order valence-electron chi connectivity index (χ0n) is 38.9. The maximum atomic E-state index is 13.1. The van der Waals surface area contributed by atoms with Crippen LogP contribution in [0.3, 0.4) is 0 Å². The number of benzene rings is 2. The van der Waals surface area contributed by atoms with Gasteiger partial charge in [-0.05, 0) is 48.2 Å². The number of piperidine rings is 2. The van der Waals surface area contributed by atoms with Crippen molar-refractivity contribution in [2.45, 2.75) is 180 Å². The number of fused-ring (bicyclic) bond motifs is 4. The number of ether oxygens (including phenoxy) is 6. The third-order valence-corrected chi connectivity index (χ3v) is 14.5. The summed E-state index contributed by atoms with van der Waals surface area (Å²) in [5.74, 6) is -1.22. The highest BCUT2D eigenvalue weighted by Crippen LogP contribution is 2.44. The quantitative estimate of drug-likeness (QED) is 0.0686. The Kier molecular flexibility index (Phi) is 16.6. The van der Waals surface area contributed by atoms with Crippen molar-refractivity contribution < 1.29 is 66.2 Å². The number of hydrogen-bond acceptors (Lipinski definition) is 12. The lowest BCUT2D eigenvalue weighted by Crippen LogP contribution is -2.59. The van der Waals surface area contributed by atoms with Crippen LogP contribution in [-0.2, 0) is 51.1 Å². The van der Waals surface area contributed by atoms with Crippen molar-refractivity contribution in [2.24, 2.45) is 0 Å². The van der Waals surface area contributed by atoms with Crippen LogP contribution in [-0.4, -0.2) is 108 Å². The molecule has 0 aromatic heterocycles. The Morgan fingerprint density at radius 1 is 0.469 bits per heavy atom. The number of aryl methyl sites for hydroxylation is 2. The van der Waals surface area contributed by atoms with Gasteiger partial charge in [-0.3, -0.25) is 28.8 Å². The maximum Gasteiger partial charge on any atom is 0.311 e. The van der Waals surface area contributed by atoms with Crippen molar-refractivity contribution >= 4 is 35.8 Å². The number of carbonyl (C=O) groups excluding carboxylic acids is 6. The molecule has 4 heterocycles. The highest BCUT2D eigenvalue weighted by molar-refractivity contribution is 5.78. The minimum atomic E-state index is -0.393. The molecule has 6 rings (SSSR count). The molecular formula is C50H70N2O12+2. The molecule has 0 amide bonds. The molecule has 0 N–H and O–H groups in total. The lowest BCUT2D eigenvalue weighted by Gasteiger charge is -2.47. The predicted octanol–water partition coefficient (Wildman–Crippen LogP) is 7.66. The zero-order chi connectivity index (χ0) is 46.0.